The highest BCUT2D eigenvalue weighted by Crippen LogP contribution is 2.28. The molecule has 1 saturated heterocycles. The summed E-state index contributed by atoms with van der Waals surface area (Å²) < 4.78 is 13.0. The van der Waals surface area contributed by atoms with E-state index in [-0.39, 0.29) is 24.1 Å². The summed E-state index contributed by atoms with van der Waals surface area (Å²) in [4.78, 5) is 28.0. The fraction of sp³-hybridized carbons (Fsp3) is 0.360. The molecule has 1 aliphatic heterocycles. The molecule has 3 aromatic rings. The lowest BCUT2D eigenvalue weighted by Gasteiger charge is -2.32. The molecule has 0 bridgehead atoms. The van der Waals surface area contributed by atoms with Gasteiger partial charge in [0, 0.05) is 37.3 Å². The van der Waals surface area contributed by atoms with Crippen molar-refractivity contribution in [2.45, 2.75) is 44.6 Å². The largest absolute Gasteiger partial charge is 0.388 e. The normalized spacial score (nSPS) is 15.3. The zero-order valence-electron chi connectivity index (χ0n) is 18.6. The highest BCUT2D eigenvalue weighted by atomic mass is 19.1. The monoisotopic (exact) mass is 449 g/mol. The Morgan fingerprint density at radius 3 is 2.61 bits per heavy atom. The number of pyridine rings is 1. The van der Waals surface area contributed by atoms with E-state index in [0.29, 0.717) is 30.9 Å². The molecule has 172 valence electrons. The lowest BCUT2D eigenvalue weighted by Crippen LogP contribution is -2.38. The van der Waals surface area contributed by atoms with E-state index in [9.17, 15) is 14.3 Å². The molecule has 1 atom stereocenters. The molecule has 0 saturated carbocycles. The van der Waals surface area contributed by atoms with Gasteiger partial charge >= 0.3 is 0 Å². The number of amides is 1. The van der Waals surface area contributed by atoms with Crippen molar-refractivity contribution in [2.24, 2.45) is 0 Å². The highest BCUT2D eigenvalue weighted by Gasteiger charge is 2.25. The van der Waals surface area contributed by atoms with E-state index >= 15 is 0 Å². The van der Waals surface area contributed by atoms with Crippen molar-refractivity contribution < 1.29 is 14.3 Å². The number of carbonyl (C=O) groups excluding carboxylic acids is 1. The van der Waals surface area contributed by atoms with Crippen LogP contribution in [0.1, 0.15) is 54.7 Å². The highest BCUT2D eigenvalue weighted by molar-refractivity contribution is 5.76. The van der Waals surface area contributed by atoms with Crippen LogP contribution in [0.15, 0.2) is 54.9 Å². The number of nitrogens with zero attached hydrogens (tertiary/aromatic N) is 4. The quantitative estimate of drug-likeness (QED) is 0.559. The molecule has 7 nitrogen and oxygen atoms in total. The Labute approximate surface area is 192 Å². The third kappa shape index (κ3) is 6.10. The first kappa shape index (κ1) is 22.8. The average Bonchev–Trinajstić information content (AvgIpc) is 2.83. The van der Waals surface area contributed by atoms with Gasteiger partial charge in [0.05, 0.1) is 18.0 Å². The molecule has 3 heterocycles. The van der Waals surface area contributed by atoms with Crippen molar-refractivity contribution in [1.82, 2.24) is 19.9 Å². The molecule has 4 rings (SSSR count). The molecular weight excluding hydrogens is 421 g/mol. The van der Waals surface area contributed by atoms with Crippen LogP contribution >= 0.6 is 0 Å². The van der Waals surface area contributed by atoms with Gasteiger partial charge in [-0.15, -0.1) is 0 Å². The maximum atomic E-state index is 13.0. The second-order valence-electron chi connectivity index (χ2n) is 8.38. The number of aromatic nitrogens is 3. The molecule has 1 fully saturated rings. The van der Waals surface area contributed by atoms with E-state index in [1.807, 2.05) is 30.0 Å². The van der Waals surface area contributed by atoms with Crippen LogP contribution in [0.2, 0.25) is 0 Å². The molecule has 1 aromatic carbocycles. The zero-order valence-corrected chi connectivity index (χ0v) is 18.6. The van der Waals surface area contributed by atoms with Crippen LogP contribution in [-0.4, -0.2) is 44.0 Å². The number of aryl methyl sites for hydroxylation is 1. The van der Waals surface area contributed by atoms with Crippen molar-refractivity contribution >= 4 is 17.5 Å². The van der Waals surface area contributed by atoms with Crippen molar-refractivity contribution in [3.63, 3.8) is 0 Å². The molecule has 33 heavy (non-hydrogen) atoms. The Kier molecular flexibility index (Phi) is 7.24. The second-order valence-corrected chi connectivity index (χ2v) is 8.38. The summed E-state index contributed by atoms with van der Waals surface area (Å²) >= 11 is 0. The molecule has 0 spiro atoms. The molecule has 1 aliphatic rings. The maximum absolute atomic E-state index is 13.0. The fourth-order valence-corrected chi connectivity index (χ4v) is 4.08. The van der Waals surface area contributed by atoms with Crippen LogP contribution in [0.5, 0.6) is 0 Å². The van der Waals surface area contributed by atoms with Crippen molar-refractivity contribution in [3.8, 4) is 0 Å². The lowest BCUT2D eigenvalue weighted by atomic mass is 9.93. The number of likely N-dealkylation sites (tertiary alicyclic amines) is 1. The van der Waals surface area contributed by atoms with Crippen molar-refractivity contribution in [1.29, 1.82) is 0 Å². The number of halogens is 1. The van der Waals surface area contributed by atoms with Crippen LogP contribution in [0.25, 0.3) is 0 Å². The van der Waals surface area contributed by atoms with Gasteiger partial charge in [0.15, 0.2) is 0 Å². The van der Waals surface area contributed by atoms with Crippen LogP contribution in [0.4, 0.5) is 16.0 Å². The Balaban J connectivity index is 1.27. The summed E-state index contributed by atoms with van der Waals surface area (Å²) in [6.07, 6.45) is 4.89. The minimum Gasteiger partial charge on any atom is -0.388 e. The molecule has 1 unspecified atom stereocenters. The number of aliphatic hydroxyl groups is 1. The maximum Gasteiger partial charge on any atom is 0.222 e. The Bertz CT molecular complexity index is 1080. The number of carbonyl (C=O) groups is 1. The van der Waals surface area contributed by atoms with Crippen LogP contribution in [0.3, 0.4) is 0 Å². The van der Waals surface area contributed by atoms with Gasteiger partial charge in [0.2, 0.25) is 5.91 Å². The number of anilines is 2. The lowest BCUT2D eigenvalue weighted by molar-refractivity contribution is -0.132. The average molecular weight is 450 g/mol. The first-order valence-electron chi connectivity index (χ1n) is 11.2. The smallest absolute Gasteiger partial charge is 0.222 e. The molecule has 2 N–H and O–H groups in total. The molecule has 1 amide bonds. The van der Waals surface area contributed by atoms with E-state index < -0.39 is 6.10 Å². The van der Waals surface area contributed by atoms with Gasteiger partial charge in [-0.05, 0) is 56.0 Å². The first-order valence-corrected chi connectivity index (χ1v) is 11.2. The minimum atomic E-state index is -0.777. The molecule has 8 heteroatoms. The Hall–Kier alpha value is -3.39. The number of aliphatic hydroxyl groups excluding tert-OH is 1. The summed E-state index contributed by atoms with van der Waals surface area (Å²) in [6.45, 7) is 3.23. The topological polar surface area (TPSA) is 91.2 Å². The van der Waals surface area contributed by atoms with Crippen LogP contribution < -0.4 is 5.32 Å². The molecule has 2 aromatic heterocycles. The predicted molar refractivity (Wildman–Crippen MR) is 123 cm³/mol. The summed E-state index contributed by atoms with van der Waals surface area (Å²) in [6, 6.07) is 11.5. The number of hydrogen-bond donors (Lipinski definition) is 2. The standard InChI is InChI=1S/C25H28FN5O2/c1-17-3-2-4-23(28-17)30-24-16-27-15-21(29-24)18-11-13-31(14-12-18)25(33)10-9-22(32)19-5-7-20(26)8-6-19/h2-8,15-16,18,22,32H,9-14H2,1H3,(H,28,29,30). The molecular formula is C25H28FN5O2. The number of rotatable bonds is 7. The fourth-order valence-electron chi connectivity index (χ4n) is 4.08. The zero-order chi connectivity index (χ0) is 23.2. The van der Waals surface area contributed by atoms with Gasteiger partial charge in [-0.2, -0.15) is 0 Å². The van der Waals surface area contributed by atoms with Crippen LogP contribution in [0, 0.1) is 12.7 Å². The van der Waals surface area contributed by atoms with Gasteiger partial charge in [-0.25, -0.2) is 14.4 Å². The van der Waals surface area contributed by atoms with Gasteiger partial charge in [0.25, 0.3) is 0 Å². The van der Waals surface area contributed by atoms with E-state index in [2.05, 4.69) is 15.3 Å². The van der Waals surface area contributed by atoms with E-state index in [4.69, 9.17) is 4.98 Å². The van der Waals surface area contributed by atoms with E-state index in [1.54, 1.807) is 24.5 Å². The van der Waals surface area contributed by atoms with E-state index in [1.165, 1.54) is 12.1 Å². The Morgan fingerprint density at radius 2 is 1.88 bits per heavy atom. The second kappa shape index (κ2) is 10.5. The number of piperidine rings is 1. The van der Waals surface area contributed by atoms with Crippen molar-refractivity contribution in [2.75, 3.05) is 18.4 Å². The van der Waals surface area contributed by atoms with Gasteiger partial charge in [0.1, 0.15) is 17.5 Å². The summed E-state index contributed by atoms with van der Waals surface area (Å²) in [5.41, 5.74) is 2.45. The third-order valence-electron chi connectivity index (χ3n) is 5.95. The minimum absolute atomic E-state index is 0.0293. The molecule has 0 aliphatic carbocycles. The van der Waals surface area contributed by atoms with Gasteiger partial charge in [-0.1, -0.05) is 18.2 Å². The van der Waals surface area contributed by atoms with Gasteiger partial charge < -0.3 is 15.3 Å². The SMILES string of the molecule is Cc1cccc(Nc2cncc(C3CCN(C(=O)CCC(O)c4ccc(F)cc4)CC3)n2)n1. The third-order valence-corrected chi connectivity index (χ3v) is 5.95. The van der Waals surface area contributed by atoms with Crippen molar-refractivity contribution in [3.05, 3.63) is 77.6 Å². The predicted octanol–water partition coefficient (Wildman–Crippen LogP) is 4.28. The van der Waals surface area contributed by atoms with Crippen LogP contribution in [-0.2, 0) is 4.79 Å². The van der Waals surface area contributed by atoms with Gasteiger partial charge in [-0.3, -0.25) is 9.78 Å². The Morgan fingerprint density at radius 1 is 1.12 bits per heavy atom. The number of benzene rings is 1. The number of nitrogens with one attached hydrogen (secondary N) is 1. The summed E-state index contributed by atoms with van der Waals surface area (Å²) in [7, 11) is 0. The summed E-state index contributed by atoms with van der Waals surface area (Å²) in [5, 5.41) is 13.5. The molecule has 0 radical (unpaired) electrons. The first-order chi connectivity index (χ1) is 16.0. The summed E-state index contributed by atoms with van der Waals surface area (Å²) in [5.74, 6) is 1.30. The van der Waals surface area contributed by atoms with E-state index in [0.717, 1.165) is 30.0 Å². The number of hydrogen-bond acceptors (Lipinski definition) is 6.